The first-order chi connectivity index (χ1) is 20.3. The number of benzene rings is 2. The third-order valence-corrected chi connectivity index (χ3v) is 7.10. The molecule has 1 heterocycles. The largest absolute Gasteiger partial charge is 0.467 e. The average Bonchev–Trinajstić information content (AvgIpc) is 2.97. The Labute approximate surface area is 253 Å². The van der Waals surface area contributed by atoms with Gasteiger partial charge in [-0.3, -0.25) is 9.80 Å². The van der Waals surface area contributed by atoms with Crippen LogP contribution in [0, 0.1) is 5.41 Å². The lowest BCUT2D eigenvalue weighted by Gasteiger charge is -2.41. The van der Waals surface area contributed by atoms with Crippen molar-refractivity contribution in [2.75, 3.05) is 33.3 Å². The number of esters is 2. The first-order valence-electron chi connectivity index (χ1n) is 14.3. The fraction of sp³-hybridized carbons (Fsp3) is 0.500. The molecule has 0 unspecified atom stereocenters. The van der Waals surface area contributed by atoms with Crippen molar-refractivity contribution in [2.24, 2.45) is 5.41 Å². The number of carbonyl (C=O) groups excluding carboxylic acids is 4. The number of methoxy groups -OCH3 is 1. The van der Waals surface area contributed by atoms with Gasteiger partial charge in [-0.2, -0.15) is 0 Å². The summed E-state index contributed by atoms with van der Waals surface area (Å²) in [5.74, 6) is -0.797. The van der Waals surface area contributed by atoms with Gasteiger partial charge in [0.2, 0.25) is 0 Å². The van der Waals surface area contributed by atoms with Crippen molar-refractivity contribution in [3.8, 4) is 5.75 Å². The topological polar surface area (TPSA) is 124 Å². The SMILES string of the molecule is COC(=O)[C@H]1CN(CCC(C)(C)[C@@H](NC(=O)Oc2ccccc2)C(=O)OCc2ccccc2)CCN1C(=O)OC(C)(C)C. The number of nitrogens with one attached hydrogen (secondary N) is 1. The van der Waals surface area contributed by atoms with E-state index in [1.54, 1.807) is 51.1 Å². The van der Waals surface area contributed by atoms with E-state index in [-0.39, 0.29) is 19.7 Å². The molecule has 2 aromatic rings. The van der Waals surface area contributed by atoms with Gasteiger partial charge in [0.15, 0.2) is 0 Å². The normalized spacial score (nSPS) is 16.5. The molecule has 2 aromatic carbocycles. The maximum absolute atomic E-state index is 13.4. The van der Waals surface area contributed by atoms with Crippen LogP contribution in [-0.4, -0.2) is 84.9 Å². The third-order valence-electron chi connectivity index (χ3n) is 7.10. The molecule has 1 N–H and O–H groups in total. The highest BCUT2D eigenvalue weighted by atomic mass is 16.6. The Morgan fingerprint density at radius 1 is 0.930 bits per heavy atom. The first-order valence-corrected chi connectivity index (χ1v) is 14.3. The lowest BCUT2D eigenvalue weighted by Crippen LogP contribution is -2.60. The minimum atomic E-state index is -1.04. The minimum absolute atomic E-state index is 0.0507. The van der Waals surface area contributed by atoms with Gasteiger partial charge in [-0.15, -0.1) is 0 Å². The zero-order valence-corrected chi connectivity index (χ0v) is 25.8. The summed E-state index contributed by atoms with van der Waals surface area (Å²) in [4.78, 5) is 55.1. The molecule has 2 atom stereocenters. The molecular weight excluding hydrogens is 554 g/mol. The molecule has 11 heteroatoms. The maximum Gasteiger partial charge on any atom is 0.413 e. The minimum Gasteiger partial charge on any atom is -0.467 e. The lowest BCUT2D eigenvalue weighted by molar-refractivity contribution is -0.150. The van der Waals surface area contributed by atoms with Gasteiger partial charge in [-0.1, -0.05) is 62.4 Å². The summed E-state index contributed by atoms with van der Waals surface area (Å²) in [7, 11) is 1.28. The van der Waals surface area contributed by atoms with Crippen molar-refractivity contribution >= 4 is 24.1 Å². The summed E-state index contributed by atoms with van der Waals surface area (Å²) < 4.78 is 21.5. The fourth-order valence-corrected chi connectivity index (χ4v) is 4.64. The Morgan fingerprint density at radius 3 is 2.16 bits per heavy atom. The van der Waals surface area contributed by atoms with Crippen molar-refractivity contribution in [1.82, 2.24) is 15.1 Å². The van der Waals surface area contributed by atoms with Crippen molar-refractivity contribution in [3.05, 3.63) is 66.2 Å². The number of ether oxygens (including phenoxy) is 4. The second-order valence-corrected chi connectivity index (χ2v) is 12.1. The van der Waals surface area contributed by atoms with Gasteiger partial charge < -0.3 is 24.3 Å². The summed E-state index contributed by atoms with van der Waals surface area (Å²) in [5, 5.41) is 2.71. The van der Waals surface area contributed by atoms with Crippen molar-refractivity contribution < 1.29 is 38.1 Å². The molecule has 2 amide bonds. The van der Waals surface area contributed by atoms with Gasteiger partial charge in [0.1, 0.15) is 30.0 Å². The molecule has 234 valence electrons. The molecule has 0 radical (unpaired) electrons. The Kier molecular flexibility index (Phi) is 11.5. The molecule has 11 nitrogen and oxygen atoms in total. The van der Waals surface area contributed by atoms with Crippen LogP contribution >= 0.6 is 0 Å². The molecule has 0 spiro atoms. The van der Waals surface area contributed by atoms with Gasteiger partial charge in [0.05, 0.1) is 7.11 Å². The summed E-state index contributed by atoms with van der Waals surface area (Å²) in [5.41, 5.74) is -0.680. The van der Waals surface area contributed by atoms with Crippen molar-refractivity contribution in [1.29, 1.82) is 0 Å². The van der Waals surface area contributed by atoms with Gasteiger partial charge in [0, 0.05) is 19.6 Å². The van der Waals surface area contributed by atoms with Gasteiger partial charge in [-0.25, -0.2) is 19.2 Å². The number of para-hydroxylation sites is 1. The Hall–Kier alpha value is -4.12. The standard InChI is InChI=1S/C32H43N3O8/c1-31(2,3)43-30(39)35-20-19-34(21-25(35)27(36)40-6)18-17-32(4,5)26(28(37)41-22-23-13-9-7-10-14-23)33-29(38)42-24-15-11-8-12-16-24/h7-16,25-26H,17-22H2,1-6H3,(H,33,38)/t25-,26+/m1/s1. The molecule has 1 saturated heterocycles. The number of nitrogens with zero attached hydrogens (tertiary/aromatic N) is 2. The summed E-state index contributed by atoms with van der Waals surface area (Å²) in [6, 6.07) is 15.9. The highest BCUT2D eigenvalue weighted by Crippen LogP contribution is 2.28. The highest BCUT2D eigenvalue weighted by molar-refractivity contribution is 5.83. The molecule has 1 fully saturated rings. The number of hydrogen-bond acceptors (Lipinski definition) is 9. The number of amides is 2. The van der Waals surface area contributed by atoms with Crippen LogP contribution in [0.2, 0.25) is 0 Å². The maximum atomic E-state index is 13.4. The van der Waals surface area contributed by atoms with Crippen molar-refractivity contribution in [2.45, 2.75) is 65.3 Å². The van der Waals surface area contributed by atoms with E-state index in [1.807, 2.05) is 49.1 Å². The van der Waals surface area contributed by atoms with E-state index in [4.69, 9.17) is 18.9 Å². The molecular formula is C32H43N3O8. The van der Waals surface area contributed by atoms with Gasteiger partial charge in [0.25, 0.3) is 0 Å². The molecule has 0 aromatic heterocycles. The van der Waals surface area contributed by atoms with Crippen LogP contribution in [0.3, 0.4) is 0 Å². The second kappa shape index (κ2) is 14.9. The first kappa shape index (κ1) is 33.4. The van der Waals surface area contributed by atoms with E-state index >= 15 is 0 Å². The molecule has 1 aliphatic rings. The van der Waals surface area contributed by atoms with E-state index in [0.29, 0.717) is 25.3 Å². The number of rotatable bonds is 10. The smallest absolute Gasteiger partial charge is 0.413 e. The Morgan fingerprint density at radius 2 is 1.56 bits per heavy atom. The van der Waals surface area contributed by atoms with Gasteiger partial charge in [-0.05, 0) is 56.8 Å². The number of piperazine rings is 1. The van der Waals surface area contributed by atoms with E-state index in [1.165, 1.54) is 12.0 Å². The van der Waals surface area contributed by atoms with E-state index in [9.17, 15) is 19.2 Å². The van der Waals surface area contributed by atoms with Crippen LogP contribution in [-0.2, 0) is 30.4 Å². The van der Waals surface area contributed by atoms with Crippen LogP contribution in [0.25, 0.3) is 0 Å². The second-order valence-electron chi connectivity index (χ2n) is 12.1. The van der Waals surface area contributed by atoms with Crippen LogP contribution in [0.15, 0.2) is 60.7 Å². The zero-order chi connectivity index (χ0) is 31.6. The molecule has 0 bridgehead atoms. The quantitative estimate of drug-likeness (QED) is 0.314. The Bertz CT molecular complexity index is 1230. The number of hydrogen-bond donors (Lipinski definition) is 1. The Balaban J connectivity index is 1.70. The molecule has 43 heavy (non-hydrogen) atoms. The van der Waals surface area contributed by atoms with Crippen LogP contribution in [0.5, 0.6) is 5.75 Å². The molecule has 0 saturated carbocycles. The summed E-state index contributed by atoms with van der Waals surface area (Å²) in [6.07, 6.45) is -0.910. The molecule has 0 aliphatic carbocycles. The lowest BCUT2D eigenvalue weighted by atomic mass is 9.80. The zero-order valence-electron chi connectivity index (χ0n) is 25.8. The predicted octanol–water partition coefficient (Wildman–Crippen LogP) is 4.40. The number of carbonyl (C=O) groups is 4. The van der Waals surface area contributed by atoms with E-state index < -0.39 is 47.2 Å². The van der Waals surface area contributed by atoms with E-state index in [2.05, 4.69) is 5.32 Å². The third kappa shape index (κ3) is 10.3. The highest BCUT2D eigenvalue weighted by Gasteiger charge is 2.41. The average molecular weight is 598 g/mol. The van der Waals surface area contributed by atoms with Crippen LogP contribution < -0.4 is 10.1 Å². The van der Waals surface area contributed by atoms with Crippen LogP contribution in [0.1, 0.15) is 46.6 Å². The summed E-state index contributed by atoms with van der Waals surface area (Å²) >= 11 is 0. The molecule has 1 aliphatic heterocycles. The summed E-state index contributed by atoms with van der Waals surface area (Å²) in [6.45, 7) is 10.5. The van der Waals surface area contributed by atoms with Gasteiger partial charge >= 0.3 is 24.1 Å². The fourth-order valence-electron chi connectivity index (χ4n) is 4.64. The molecule has 3 rings (SSSR count). The predicted molar refractivity (Wildman–Crippen MR) is 159 cm³/mol. The van der Waals surface area contributed by atoms with Crippen LogP contribution in [0.4, 0.5) is 9.59 Å². The van der Waals surface area contributed by atoms with Crippen molar-refractivity contribution in [3.63, 3.8) is 0 Å². The monoisotopic (exact) mass is 597 g/mol. The van der Waals surface area contributed by atoms with E-state index in [0.717, 1.165) is 5.56 Å².